The number of carboxylic acid groups (broad SMARTS) is 1. The van der Waals surface area contributed by atoms with Crippen LogP contribution < -0.4 is 0 Å². The molecule has 2 aromatic rings. The number of carboxylic acids is 1. The molecule has 1 fully saturated rings. The molecule has 0 saturated heterocycles. The molecule has 7 heteroatoms. The highest BCUT2D eigenvalue weighted by Crippen LogP contribution is 2.31. The third-order valence-electron chi connectivity index (χ3n) is 5.61. The monoisotopic (exact) mass is 431 g/mol. The molecule has 6 nitrogen and oxygen atoms in total. The molecule has 0 spiro atoms. The molecule has 1 N–H and O–H groups in total. The van der Waals surface area contributed by atoms with Gasteiger partial charge in [-0.05, 0) is 49.8 Å². The third kappa shape index (κ3) is 6.87. The second kappa shape index (κ2) is 11.7. The summed E-state index contributed by atoms with van der Waals surface area (Å²) in [5, 5.41) is 14.1. The fraction of sp³-hybridized carbons (Fsp3) is 0.522. The molecule has 1 aromatic heterocycles. The number of imidazole rings is 1. The van der Waals surface area contributed by atoms with Gasteiger partial charge in [-0.1, -0.05) is 48.2 Å². The molecule has 30 heavy (non-hydrogen) atoms. The van der Waals surface area contributed by atoms with E-state index in [0.29, 0.717) is 25.4 Å². The Kier molecular flexibility index (Phi) is 8.75. The first kappa shape index (κ1) is 22.3. The molecule has 1 saturated carbocycles. The molecule has 1 unspecified atom stereocenters. The van der Waals surface area contributed by atoms with E-state index in [9.17, 15) is 4.79 Å². The van der Waals surface area contributed by atoms with Crippen LogP contribution in [0.1, 0.15) is 63.0 Å². The van der Waals surface area contributed by atoms with Gasteiger partial charge in [0.2, 0.25) is 0 Å². The molecule has 3 rings (SSSR count). The van der Waals surface area contributed by atoms with Crippen LogP contribution in [0, 0.1) is 5.92 Å². The predicted octanol–water partition coefficient (Wildman–Crippen LogP) is 5.53. The fourth-order valence-corrected chi connectivity index (χ4v) is 4.29. The number of unbranched alkanes of at least 4 members (excludes halogenated alkanes) is 1. The summed E-state index contributed by atoms with van der Waals surface area (Å²) < 4.78 is 2.10. The average molecular weight is 432 g/mol. The summed E-state index contributed by atoms with van der Waals surface area (Å²) in [6.07, 6.45) is 13.7. The standard InChI is InChI=1S/C23H30ClN3O3/c24-20-10-6-7-18(15-20)16-21(27-13-12-25-17-27)23(19-8-2-1-3-9-19)26-30-14-5-4-11-22(28)29/h6-7,10,12-13,15,17,19,21H,1-5,8-9,11,14,16H2,(H,28,29). The number of hydrogen-bond donors (Lipinski definition) is 1. The van der Waals surface area contributed by atoms with E-state index in [1.54, 1.807) is 6.20 Å². The average Bonchev–Trinajstić information content (AvgIpc) is 3.27. The summed E-state index contributed by atoms with van der Waals surface area (Å²) in [5.41, 5.74) is 2.19. The van der Waals surface area contributed by atoms with E-state index in [0.717, 1.165) is 35.6 Å². The highest BCUT2D eigenvalue weighted by Gasteiger charge is 2.28. The molecule has 1 aromatic carbocycles. The highest BCUT2D eigenvalue weighted by molar-refractivity contribution is 6.30. The van der Waals surface area contributed by atoms with Gasteiger partial charge >= 0.3 is 5.97 Å². The van der Waals surface area contributed by atoms with E-state index < -0.39 is 5.97 Å². The van der Waals surface area contributed by atoms with Gasteiger partial charge in [0.1, 0.15) is 6.61 Å². The molecule has 162 valence electrons. The quantitative estimate of drug-likeness (QED) is 0.288. The Morgan fingerprint density at radius 1 is 1.30 bits per heavy atom. The summed E-state index contributed by atoms with van der Waals surface area (Å²) in [6, 6.07) is 7.94. The van der Waals surface area contributed by atoms with Gasteiger partial charge in [-0.3, -0.25) is 4.79 Å². The maximum absolute atomic E-state index is 10.7. The van der Waals surface area contributed by atoms with E-state index in [1.807, 2.05) is 30.7 Å². The van der Waals surface area contributed by atoms with Crippen molar-refractivity contribution in [1.82, 2.24) is 9.55 Å². The number of hydrogen-bond acceptors (Lipinski definition) is 4. The normalized spacial score (nSPS) is 16.4. The molecule has 0 radical (unpaired) electrons. The Morgan fingerprint density at radius 2 is 2.13 bits per heavy atom. The summed E-state index contributed by atoms with van der Waals surface area (Å²) in [5.74, 6) is -0.396. The van der Waals surface area contributed by atoms with Crippen LogP contribution in [0.4, 0.5) is 0 Å². The van der Waals surface area contributed by atoms with Crippen LogP contribution in [0.5, 0.6) is 0 Å². The van der Waals surface area contributed by atoms with Crippen molar-refractivity contribution in [1.29, 1.82) is 0 Å². The van der Waals surface area contributed by atoms with Crippen molar-refractivity contribution in [2.75, 3.05) is 6.61 Å². The van der Waals surface area contributed by atoms with Crippen LogP contribution in [0.2, 0.25) is 5.02 Å². The number of carbonyl (C=O) groups is 1. The zero-order valence-corrected chi connectivity index (χ0v) is 18.0. The molecule has 0 amide bonds. The fourth-order valence-electron chi connectivity index (χ4n) is 4.07. The maximum Gasteiger partial charge on any atom is 0.303 e. The second-order valence-corrected chi connectivity index (χ2v) is 8.33. The Hall–Kier alpha value is -2.34. The molecule has 1 heterocycles. The Bertz CT molecular complexity index is 817. The Balaban J connectivity index is 1.79. The van der Waals surface area contributed by atoms with Crippen LogP contribution >= 0.6 is 11.6 Å². The van der Waals surface area contributed by atoms with Crippen molar-refractivity contribution < 1.29 is 14.7 Å². The largest absolute Gasteiger partial charge is 0.481 e. The molecular formula is C23H30ClN3O3. The van der Waals surface area contributed by atoms with Crippen molar-refractivity contribution in [2.24, 2.45) is 11.1 Å². The lowest BCUT2D eigenvalue weighted by Gasteiger charge is -2.29. The first-order valence-corrected chi connectivity index (χ1v) is 11.1. The molecular weight excluding hydrogens is 402 g/mol. The van der Waals surface area contributed by atoms with Crippen LogP contribution in [-0.2, 0) is 16.1 Å². The second-order valence-electron chi connectivity index (χ2n) is 7.89. The van der Waals surface area contributed by atoms with Crippen molar-refractivity contribution >= 4 is 23.3 Å². The maximum atomic E-state index is 10.7. The van der Waals surface area contributed by atoms with Crippen LogP contribution in [0.15, 0.2) is 48.1 Å². The number of aromatic nitrogens is 2. The van der Waals surface area contributed by atoms with Gasteiger partial charge < -0.3 is 14.5 Å². The first-order chi connectivity index (χ1) is 14.6. The lowest BCUT2D eigenvalue weighted by Crippen LogP contribution is -2.29. The van der Waals surface area contributed by atoms with Crippen molar-refractivity contribution in [3.05, 3.63) is 53.6 Å². The molecule has 1 aliphatic rings. The smallest absolute Gasteiger partial charge is 0.303 e. The van der Waals surface area contributed by atoms with Crippen molar-refractivity contribution in [3.8, 4) is 0 Å². The zero-order valence-electron chi connectivity index (χ0n) is 17.3. The van der Waals surface area contributed by atoms with Crippen molar-refractivity contribution in [2.45, 2.75) is 63.8 Å². The van der Waals surface area contributed by atoms with Gasteiger partial charge in [-0.2, -0.15) is 0 Å². The Morgan fingerprint density at radius 3 is 2.83 bits per heavy atom. The summed E-state index contributed by atoms with van der Waals surface area (Å²) in [4.78, 5) is 20.6. The first-order valence-electron chi connectivity index (χ1n) is 10.8. The molecule has 0 aliphatic heterocycles. The third-order valence-corrected chi connectivity index (χ3v) is 5.85. The summed E-state index contributed by atoms with van der Waals surface area (Å²) >= 11 is 6.22. The zero-order chi connectivity index (χ0) is 21.2. The van der Waals surface area contributed by atoms with Crippen LogP contribution in [-0.4, -0.2) is 32.9 Å². The van der Waals surface area contributed by atoms with E-state index in [4.69, 9.17) is 21.5 Å². The van der Waals surface area contributed by atoms with Crippen LogP contribution in [0.25, 0.3) is 0 Å². The number of aliphatic carboxylic acids is 1. The van der Waals surface area contributed by atoms with Crippen molar-refractivity contribution in [3.63, 3.8) is 0 Å². The van der Waals surface area contributed by atoms with Gasteiger partial charge in [-0.25, -0.2) is 4.98 Å². The minimum absolute atomic E-state index is 0.00749. The minimum atomic E-state index is -0.775. The SMILES string of the molecule is O=C(O)CCCCON=C(C1CCCCC1)C(Cc1cccc(Cl)c1)n1ccnc1. The van der Waals surface area contributed by atoms with Gasteiger partial charge in [0.05, 0.1) is 18.1 Å². The Labute approximate surface area is 182 Å². The van der Waals surface area contributed by atoms with E-state index in [-0.39, 0.29) is 12.5 Å². The topological polar surface area (TPSA) is 76.7 Å². The van der Waals surface area contributed by atoms with Crippen LogP contribution in [0.3, 0.4) is 0 Å². The number of nitrogens with zero attached hydrogens (tertiary/aromatic N) is 3. The number of rotatable bonds is 11. The lowest BCUT2D eigenvalue weighted by atomic mass is 9.82. The van der Waals surface area contributed by atoms with E-state index >= 15 is 0 Å². The molecule has 1 atom stereocenters. The molecule has 0 bridgehead atoms. The van der Waals surface area contributed by atoms with Gasteiger partial charge in [0.15, 0.2) is 0 Å². The predicted molar refractivity (Wildman–Crippen MR) is 118 cm³/mol. The van der Waals surface area contributed by atoms with E-state index in [2.05, 4.69) is 20.8 Å². The summed E-state index contributed by atoms with van der Waals surface area (Å²) in [6.45, 7) is 0.428. The van der Waals surface area contributed by atoms with E-state index in [1.165, 1.54) is 19.3 Å². The number of oxime groups is 1. The number of benzene rings is 1. The summed E-state index contributed by atoms with van der Waals surface area (Å²) in [7, 11) is 0. The molecule has 1 aliphatic carbocycles. The minimum Gasteiger partial charge on any atom is -0.481 e. The lowest BCUT2D eigenvalue weighted by molar-refractivity contribution is -0.137. The van der Waals surface area contributed by atoms with Gasteiger partial charge in [0.25, 0.3) is 0 Å². The highest BCUT2D eigenvalue weighted by atomic mass is 35.5. The van der Waals surface area contributed by atoms with Gasteiger partial charge in [-0.15, -0.1) is 0 Å². The number of halogens is 1. The van der Waals surface area contributed by atoms with Gasteiger partial charge in [0, 0.05) is 29.8 Å².